The Morgan fingerprint density at radius 2 is 1.77 bits per heavy atom. The summed E-state index contributed by atoms with van der Waals surface area (Å²) in [7, 11) is 3.93. The first-order valence-corrected chi connectivity index (χ1v) is 12.3. The van der Waals surface area contributed by atoms with Gasteiger partial charge < -0.3 is 19.6 Å². The van der Waals surface area contributed by atoms with Gasteiger partial charge in [0.1, 0.15) is 11.5 Å². The number of hydrogen-bond donors (Lipinski definition) is 1. The molecular formula is C28H35ClN2O4. The third-order valence-electron chi connectivity index (χ3n) is 6.14. The topological polar surface area (TPSA) is 70.1 Å². The Bertz CT molecular complexity index is 1120. The van der Waals surface area contributed by atoms with Gasteiger partial charge in [0.25, 0.3) is 11.7 Å². The van der Waals surface area contributed by atoms with Crippen molar-refractivity contribution in [3.8, 4) is 5.75 Å². The molecular weight excluding hydrogens is 464 g/mol. The molecule has 0 bridgehead atoms. The molecule has 188 valence electrons. The molecule has 1 saturated heterocycles. The molecule has 1 heterocycles. The van der Waals surface area contributed by atoms with Crippen LogP contribution in [-0.2, 0) is 15.0 Å². The minimum atomic E-state index is -0.692. The highest BCUT2D eigenvalue weighted by atomic mass is 35.5. The van der Waals surface area contributed by atoms with E-state index in [2.05, 4.69) is 20.8 Å². The van der Waals surface area contributed by atoms with E-state index in [-0.39, 0.29) is 16.7 Å². The predicted molar refractivity (Wildman–Crippen MR) is 140 cm³/mol. The second-order valence-corrected chi connectivity index (χ2v) is 10.5. The van der Waals surface area contributed by atoms with Crippen molar-refractivity contribution in [3.05, 3.63) is 69.8 Å². The molecule has 1 atom stereocenters. The first-order valence-electron chi connectivity index (χ1n) is 11.9. The number of carbonyl (C=O) groups excluding carboxylic acids is 2. The normalized spacial score (nSPS) is 17.9. The summed E-state index contributed by atoms with van der Waals surface area (Å²) in [6.45, 7) is 9.87. The van der Waals surface area contributed by atoms with Crippen LogP contribution in [0.5, 0.6) is 5.75 Å². The highest BCUT2D eigenvalue weighted by Gasteiger charge is 2.45. The average molecular weight is 499 g/mol. The molecule has 2 aromatic carbocycles. The zero-order chi connectivity index (χ0) is 25.9. The van der Waals surface area contributed by atoms with Gasteiger partial charge in [0.05, 0.1) is 23.2 Å². The van der Waals surface area contributed by atoms with Gasteiger partial charge in [0.2, 0.25) is 0 Å². The summed E-state index contributed by atoms with van der Waals surface area (Å²) < 4.78 is 5.48. The van der Waals surface area contributed by atoms with Crippen LogP contribution in [0.15, 0.2) is 48.0 Å². The van der Waals surface area contributed by atoms with Gasteiger partial charge >= 0.3 is 0 Å². The predicted octanol–water partition coefficient (Wildman–Crippen LogP) is 5.41. The van der Waals surface area contributed by atoms with Gasteiger partial charge in [0.15, 0.2) is 0 Å². The number of amides is 1. The molecule has 3 rings (SSSR count). The molecule has 1 aliphatic rings. The summed E-state index contributed by atoms with van der Waals surface area (Å²) in [5.74, 6) is -1.05. The summed E-state index contributed by atoms with van der Waals surface area (Å²) in [6.07, 6.45) is 0.700. The van der Waals surface area contributed by atoms with Gasteiger partial charge in [-0.05, 0) is 68.7 Å². The molecule has 0 aromatic heterocycles. The maximum atomic E-state index is 13.2. The SMILES string of the molecule is CCOc1ccc(C(O)=C2C(=O)C(=O)N(CCCN(C)C)[C@H]2c2ccc(C(C)(C)C)cc2)cc1Cl. The standard InChI is InChI=1S/C28H35ClN2O4/c1-7-35-22-14-11-19(17-21(22)29)25(32)23-24(18-9-12-20(13-10-18)28(2,3)4)31(27(34)26(23)33)16-8-15-30(5)6/h9-14,17,24,32H,7-8,15-16H2,1-6H3/t24-/m0/s1. The van der Waals surface area contributed by atoms with Gasteiger partial charge in [-0.3, -0.25) is 9.59 Å². The zero-order valence-electron chi connectivity index (χ0n) is 21.4. The molecule has 2 aromatic rings. The van der Waals surface area contributed by atoms with Gasteiger partial charge in [-0.25, -0.2) is 0 Å². The molecule has 1 N–H and O–H groups in total. The van der Waals surface area contributed by atoms with Crippen molar-refractivity contribution in [1.82, 2.24) is 9.80 Å². The van der Waals surface area contributed by atoms with E-state index < -0.39 is 17.7 Å². The molecule has 0 aliphatic carbocycles. The van der Waals surface area contributed by atoms with Crippen molar-refractivity contribution in [2.75, 3.05) is 33.8 Å². The van der Waals surface area contributed by atoms with Crippen molar-refractivity contribution in [2.24, 2.45) is 0 Å². The monoisotopic (exact) mass is 498 g/mol. The van der Waals surface area contributed by atoms with E-state index in [0.717, 1.165) is 17.7 Å². The van der Waals surface area contributed by atoms with Gasteiger partial charge in [-0.2, -0.15) is 0 Å². The fourth-order valence-corrected chi connectivity index (χ4v) is 4.49. The number of ketones is 1. The Balaban J connectivity index is 2.10. The number of rotatable bonds is 8. The fraction of sp³-hybridized carbons (Fsp3) is 0.429. The lowest BCUT2D eigenvalue weighted by Crippen LogP contribution is -2.32. The first kappa shape index (κ1) is 26.8. The van der Waals surface area contributed by atoms with Crippen molar-refractivity contribution < 1.29 is 19.4 Å². The Morgan fingerprint density at radius 1 is 1.11 bits per heavy atom. The lowest BCUT2D eigenvalue weighted by Gasteiger charge is -2.27. The number of aliphatic hydroxyl groups excluding tert-OH is 1. The summed E-state index contributed by atoms with van der Waals surface area (Å²) in [5.41, 5.74) is 2.32. The van der Waals surface area contributed by atoms with Gasteiger partial charge in [-0.1, -0.05) is 56.6 Å². The maximum Gasteiger partial charge on any atom is 0.295 e. The minimum absolute atomic E-state index is 0.0366. The van der Waals surface area contributed by atoms with Crippen LogP contribution >= 0.6 is 11.6 Å². The van der Waals surface area contributed by atoms with E-state index in [0.29, 0.717) is 35.9 Å². The molecule has 0 unspecified atom stereocenters. The molecule has 0 saturated carbocycles. The van der Waals surface area contributed by atoms with Crippen LogP contribution in [0.3, 0.4) is 0 Å². The Labute approximate surface area is 213 Å². The number of nitrogens with zero attached hydrogens (tertiary/aromatic N) is 2. The number of benzene rings is 2. The number of Topliss-reactive ketones (excluding diaryl/α,β-unsaturated/α-hetero) is 1. The minimum Gasteiger partial charge on any atom is -0.507 e. The van der Waals surface area contributed by atoms with E-state index in [1.807, 2.05) is 50.2 Å². The van der Waals surface area contributed by atoms with E-state index in [1.54, 1.807) is 23.1 Å². The molecule has 7 heteroatoms. The van der Waals surface area contributed by atoms with E-state index in [1.165, 1.54) is 0 Å². The van der Waals surface area contributed by atoms with Crippen molar-refractivity contribution >= 4 is 29.1 Å². The fourth-order valence-electron chi connectivity index (χ4n) is 4.26. The number of aliphatic hydroxyl groups is 1. The Hall–Kier alpha value is -2.83. The average Bonchev–Trinajstić information content (AvgIpc) is 3.04. The first-order chi connectivity index (χ1) is 16.5. The second-order valence-electron chi connectivity index (χ2n) is 10.1. The van der Waals surface area contributed by atoms with Crippen molar-refractivity contribution in [1.29, 1.82) is 0 Å². The Morgan fingerprint density at radius 3 is 2.31 bits per heavy atom. The number of halogens is 1. The Kier molecular flexibility index (Phi) is 8.29. The highest BCUT2D eigenvalue weighted by Crippen LogP contribution is 2.41. The number of likely N-dealkylation sites (tertiary alicyclic amines) is 1. The van der Waals surface area contributed by atoms with Crippen molar-refractivity contribution in [2.45, 2.75) is 45.6 Å². The van der Waals surface area contributed by atoms with Crippen LogP contribution in [0.25, 0.3) is 5.76 Å². The summed E-state index contributed by atoms with van der Waals surface area (Å²) in [5, 5.41) is 11.6. The van der Waals surface area contributed by atoms with Crippen LogP contribution in [0.2, 0.25) is 5.02 Å². The molecule has 1 amide bonds. The van der Waals surface area contributed by atoms with Gasteiger partial charge in [-0.15, -0.1) is 0 Å². The summed E-state index contributed by atoms with van der Waals surface area (Å²) in [4.78, 5) is 29.9. The van der Waals surface area contributed by atoms with Crippen LogP contribution < -0.4 is 4.74 Å². The van der Waals surface area contributed by atoms with Gasteiger partial charge in [0, 0.05) is 12.1 Å². The highest BCUT2D eigenvalue weighted by molar-refractivity contribution is 6.46. The van der Waals surface area contributed by atoms with E-state index >= 15 is 0 Å². The van der Waals surface area contributed by atoms with Crippen LogP contribution in [-0.4, -0.2) is 60.4 Å². The lowest BCUT2D eigenvalue weighted by molar-refractivity contribution is -0.139. The smallest absolute Gasteiger partial charge is 0.295 e. The number of ether oxygens (including phenoxy) is 1. The molecule has 1 fully saturated rings. The molecule has 1 aliphatic heterocycles. The molecule has 0 radical (unpaired) electrons. The third-order valence-corrected chi connectivity index (χ3v) is 6.44. The molecule has 35 heavy (non-hydrogen) atoms. The van der Waals surface area contributed by atoms with Crippen LogP contribution in [0, 0.1) is 0 Å². The maximum absolute atomic E-state index is 13.2. The molecule has 0 spiro atoms. The lowest BCUT2D eigenvalue weighted by atomic mass is 9.85. The largest absolute Gasteiger partial charge is 0.507 e. The van der Waals surface area contributed by atoms with E-state index in [4.69, 9.17) is 16.3 Å². The second kappa shape index (κ2) is 10.8. The number of carbonyl (C=O) groups is 2. The quantitative estimate of drug-likeness (QED) is 0.299. The third kappa shape index (κ3) is 5.88. The van der Waals surface area contributed by atoms with Crippen molar-refractivity contribution in [3.63, 3.8) is 0 Å². The van der Waals surface area contributed by atoms with Crippen LogP contribution in [0.4, 0.5) is 0 Å². The number of hydrogen-bond acceptors (Lipinski definition) is 5. The summed E-state index contributed by atoms with van der Waals surface area (Å²) in [6, 6.07) is 12.1. The van der Waals surface area contributed by atoms with E-state index in [9.17, 15) is 14.7 Å². The van der Waals surface area contributed by atoms with Crippen LogP contribution in [0.1, 0.15) is 56.8 Å². The zero-order valence-corrected chi connectivity index (χ0v) is 22.1. The summed E-state index contributed by atoms with van der Waals surface area (Å²) >= 11 is 6.34. The molecule has 6 nitrogen and oxygen atoms in total.